The summed E-state index contributed by atoms with van der Waals surface area (Å²) in [6.45, 7) is 2.87. The molecule has 0 bridgehead atoms. The highest BCUT2D eigenvalue weighted by Crippen LogP contribution is 2.32. The molecular formula is C19H19F3N2O3. The number of nitrogens with one attached hydrogen (secondary N) is 1. The van der Waals surface area contributed by atoms with Crippen LogP contribution < -0.4 is 5.32 Å². The second-order valence-electron chi connectivity index (χ2n) is 6.56. The van der Waals surface area contributed by atoms with Gasteiger partial charge in [0.25, 0.3) is 5.91 Å². The predicted molar refractivity (Wildman–Crippen MR) is 91.9 cm³/mol. The van der Waals surface area contributed by atoms with Crippen molar-refractivity contribution in [1.82, 2.24) is 10.2 Å². The van der Waals surface area contributed by atoms with Crippen LogP contribution in [0.3, 0.4) is 0 Å². The van der Waals surface area contributed by atoms with Gasteiger partial charge in [0.05, 0.1) is 5.56 Å². The maximum absolute atomic E-state index is 12.8. The number of alkyl halides is 3. The van der Waals surface area contributed by atoms with E-state index >= 15 is 0 Å². The number of hydrogen-bond donors (Lipinski definition) is 1. The van der Waals surface area contributed by atoms with E-state index < -0.39 is 17.6 Å². The summed E-state index contributed by atoms with van der Waals surface area (Å²) in [5.41, 5.74) is -0.550. The van der Waals surface area contributed by atoms with Crippen molar-refractivity contribution in [3.05, 3.63) is 47.7 Å². The molecule has 2 aromatic rings. The first-order valence-electron chi connectivity index (χ1n) is 8.60. The molecule has 1 aliphatic rings. The molecule has 0 saturated carbocycles. The number of likely N-dealkylation sites (tertiary alicyclic amines) is 1. The SMILES string of the molecule is C[C@@H](CN1CCCC1=O)NC(=O)c1ccc(-c2cccc(C(F)(F)F)c2)o1. The zero-order chi connectivity index (χ0) is 19.6. The third-order valence-electron chi connectivity index (χ3n) is 4.35. The Bertz CT molecular complexity index is 845. The predicted octanol–water partition coefficient (Wildman–Crippen LogP) is 3.71. The molecule has 1 atom stereocenters. The monoisotopic (exact) mass is 380 g/mol. The van der Waals surface area contributed by atoms with Gasteiger partial charge in [0.2, 0.25) is 5.91 Å². The first-order valence-corrected chi connectivity index (χ1v) is 8.60. The maximum atomic E-state index is 12.8. The van der Waals surface area contributed by atoms with Crippen molar-refractivity contribution < 1.29 is 27.2 Å². The Balaban J connectivity index is 1.66. The van der Waals surface area contributed by atoms with Crippen LogP contribution in [-0.2, 0) is 11.0 Å². The first-order chi connectivity index (χ1) is 12.7. The minimum atomic E-state index is -4.45. The Morgan fingerprint density at radius 2 is 2.07 bits per heavy atom. The van der Waals surface area contributed by atoms with Crippen molar-refractivity contribution in [1.29, 1.82) is 0 Å². The van der Waals surface area contributed by atoms with Gasteiger partial charge in [-0.2, -0.15) is 13.2 Å². The van der Waals surface area contributed by atoms with E-state index in [0.29, 0.717) is 19.5 Å². The molecule has 5 nitrogen and oxygen atoms in total. The first kappa shape index (κ1) is 19.0. The largest absolute Gasteiger partial charge is 0.451 e. The average molecular weight is 380 g/mol. The van der Waals surface area contributed by atoms with Gasteiger partial charge in [0, 0.05) is 31.1 Å². The Morgan fingerprint density at radius 3 is 2.74 bits per heavy atom. The van der Waals surface area contributed by atoms with Gasteiger partial charge in [-0.3, -0.25) is 9.59 Å². The quantitative estimate of drug-likeness (QED) is 0.860. The number of carbonyl (C=O) groups excluding carboxylic acids is 2. The standard InChI is InChI=1S/C19H19F3N2O3/c1-12(11-24-9-3-6-17(24)25)23-18(26)16-8-7-15(27-16)13-4-2-5-14(10-13)19(20,21)22/h2,4-5,7-8,10,12H,3,6,9,11H2,1H3,(H,23,26)/t12-/m0/s1. The lowest BCUT2D eigenvalue weighted by Crippen LogP contribution is -2.42. The van der Waals surface area contributed by atoms with Gasteiger partial charge in [0.15, 0.2) is 5.76 Å². The number of halogens is 3. The fourth-order valence-corrected chi connectivity index (χ4v) is 3.03. The van der Waals surface area contributed by atoms with Crippen molar-refractivity contribution in [3.8, 4) is 11.3 Å². The summed E-state index contributed by atoms with van der Waals surface area (Å²) in [5, 5.41) is 2.74. The van der Waals surface area contributed by atoms with E-state index in [9.17, 15) is 22.8 Å². The fourth-order valence-electron chi connectivity index (χ4n) is 3.03. The molecule has 0 unspecified atom stereocenters. The van der Waals surface area contributed by atoms with Gasteiger partial charge in [-0.25, -0.2) is 0 Å². The summed E-state index contributed by atoms with van der Waals surface area (Å²) in [4.78, 5) is 25.6. The summed E-state index contributed by atoms with van der Waals surface area (Å²) in [6.07, 6.45) is -3.11. The smallest absolute Gasteiger partial charge is 0.416 e. The topological polar surface area (TPSA) is 62.6 Å². The second kappa shape index (κ2) is 7.46. The van der Waals surface area contributed by atoms with Crippen LogP contribution in [-0.4, -0.2) is 35.8 Å². The molecule has 144 valence electrons. The van der Waals surface area contributed by atoms with Crippen LogP contribution in [0.15, 0.2) is 40.8 Å². The van der Waals surface area contributed by atoms with E-state index in [4.69, 9.17) is 4.42 Å². The highest BCUT2D eigenvalue weighted by Gasteiger charge is 2.30. The van der Waals surface area contributed by atoms with E-state index in [-0.39, 0.29) is 29.0 Å². The van der Waals surface area contributed by atoms with Crippen LogP contribution >= 0.6 is 0 Å². The summed E-state index contributed by atoms with van der Waals surface area (Å²) < 4.78 is 43.9. The van der Waals surface area contributed by atoms with Gasteiger partial charge in [-0.15, -0.1) is 0 Å². The molecule has 1 aliphatic heterocycles. The Morgan fingerprint density at radius 1 is 1.30 bits per heavy atom. The Kier molecular flexibility index (Phi) is 5.25. The zero-order valence-electron chi connectivity index (χ0n) is 14.7. The molecule has 1 fully saturated rings. The summed E-state index contributed by atoms with van der Waals surface area (Å²) in [6, 6.07) is 7.32. The molecule has 0 spiro atoms. The number of hydrogen-bond acceptors (Lipinski definition) is 3. The number of carbonyl (C=O) groups is 2. The molecule has 1 N–H and O–H groups in total. The van der Waals surface area contributed by atoms with Crippen LogP contribution in [0.4, 0.5) is 13.2 Å². The third kappa shape index (κ3) is 4.50. The van der Waals surface area contributed by atoms with Gasteiger partial charge in [-0.1, -0.05) is 12.1 Å². The van der Waals surface area contributed by atoms with Gasteiger partial charge in [-0.05, 0) is 37.6 Å². The van der Waals surface area contributed by atoms with Crippen molar-refractivity contribution in [2.24, 2.45) is 0 Å². The van der Waals surface area contributed by atoms with Crippen molar-refractivity contribution in [3.63, 3.8) is 0 Å². The van der Waals surface area contributed by atoms with E-state index in [1.54, 1.807) is 11.8 Å². The minimum absolute atomic E-state index is 0.00186. The lowest BCUT2D eigenvalue weighted by Gasteiger charge is -2.21. The number of rotatable bonds is 5. The highest BCUT2D eigenvalue weighted by molar-refractivity contribution is 5.92. The third-order valence-corrected chi connectivity index (χ3v) is 4.35. The zero-order valence-corrected chi connectivity index (χ0v) is 14.7. The number of furan rings is 1. The van der Waals surface area contributed by atoms with Crippen LogP contribution in [0.2, 0.25) is 0 Å². The molecule has 2 heterocycles. The molecule has 1 saturated heterocycles. The van der Waals surface area contributed by atoms with Crippen LogP contribution in [0.25, 0.3) is 11.3 Å². The second-order valence-corrected chi connectivity index (χ2v) is 6.56. The van der Waals surface area contributed by atoms with Gasteiger partial charge < -0.3 is 14.6 Å². The van der Waals surface area contributed by atoms with E-state index in [2.05, 4.69) is 5.32 Å². The lowest BCUT2D eigenvalue weighted by molar-refractivity contribution is -0.137. The number of benzene rings is 1. The molecule has 27 heavy (non-hydrogen) atoms. The Hall–Kier alpha value is -2.77. The number of amides is 2. The number of nitrogens with zero attached hydrogens (tertiary/aromatic N) is 1. The lowest BCUT2D eigenvalue weighted by atomic mass is 10.1. The van der Waals surface area contributed by atoms with Gasteiger partial charge >= 0.3 is 6.18 Å². The minimum Gasteiger partial charge on any atom is -0.451 e. The maximum Gasteiger partial charge on any atom is 0.416 e. The molecule has 0 radical (unpaired) electrons. The molecule has 8 heteroatoms. The average Bonchev–Trinajstić information content (AvgIpc) is 3.24. The van der Waals surface area contributed by atoms with E-state index in [1.165, 1.54) is 24.3 Å². The van der Waals surface area contributed by atoms with Crippen LogP contribution in [0, 0.1) is 0 Å². The fraction of sp³-hybridized carbons (Fsp3) is 0.368. The van der Waals surface area contributed by atoms with Crippen LogP contribution in [0.5, 0.6) is 0 Å². The molecule has 1 aromatic carbocycles. The molecule has 3 rings (SSSR count). The Labute approximate surface area is 154 Å². The summed E-state index contributed by atoms with van der Waals surface area (Å²) in [5.74, 6) is -0.232. The molecule has 2 amide bonds. The molecular weight excluding hydrogens is 361 g/mol. The van der Waals surface area contributed by atoms with Crippen LogP contribution in [0.1, 0.15) is 35.9 Å². The van der Waals surface area contributed by atoms with Crippen molar-refractivity contribution >= 4 is 11.8 Å². The normalized spacial score (nSPS) is 15.9. The summed E-state index contributed by atoms with van der Waals surface area (Å²) in [7, 11) is 0. The highest BCUT2D eigenvalue weighted by atomic mass is 19.4. The summed E-state index contributed by atoms with van der Waals surface area (Å²) >= 11 is 0. The van der Waals surface area contributed by atoms with E-state index in [0.717, 1.165) is 18.6 Å². The van der Waals surface area contributed by atoms with Gasteiger partial charge in [0.1, 0.15) is 5.76 Å². The van der Waals surface area contributed by atoms with E-state index in [1.807, 2.05) is 0 Å². The molecule has 0 aliphatic carbocycles. The van der Waals surface area contributed by atoms with Crippen molar-refractivity contribution in [2.45, 2.75) is 32.0 Å². The molecule has 1 aromatic heterocycles. The van der Waals surface area contributed by atoms with Crippen molar-refractivity contribution in [2.75, 3.05) is 13.1 Å².